The lowest BCUT2D eigenvalue weighted by Crippen LogP contribution is -2.55. The van der Waals surface area contributed by atoms with E-state index < -0.39 is 29.7 Å². The number of amides is 3. The molecule has 2 unspecified atom stereocenters. The van der Waals surface area contributed by atoms with E-state index in [1.807, 2.05) is 13.8 Å². The molecular formula is C28H37N3O6. The van der Waals surface area contributed by atoms with Gasteiger partial charge in [-0.2, -0.15) is 0 Å². The van der Waals surface area contributed by atoms with Crippen molar-refractivity contribution in [1.82, 2.24) is 10.2 Å². The first-order valence-corrected chi connectivity index (χ1v) is 12.4. The number of nitrogens with zero attached hydrogens (tertiary/aromatic N) is 1. The number of carbonyl (C=O) groups is 3. The van der Waals surface area contributed by atoms with Gasteiger partial charge in [-0.15, -0.1) is 0 Å². The molecule has 0 bridgehead atoms. The smallest absolute Gasteiger partial charge is 0.408 e. The largest absolute Gasteiger partial charge is 0.508 e. The zero-order valence-electron chi connectivity index (χ0n) is 22.3. The second-order valence-corrected chi connectivity index (χ2v) is 10.6. The molecule has 0 aliphatic heterocycles. The Bertz CT molecular complexity index is 1090. The molecule has 1 saturated carbocycles. The van der Waals surface area contributed by atoms with E-state index in [-0.39, 0.29) is 23.6 Å². The molecule has 0 spiro atoms. The van der Waals surface area contributed by atoms with Gasteiger partial charge in [-0.1, -0.05) is 26.0 Å². The molecule has 0 saturated heterocycles. The van der Waals surface area contributed by atoms with Crippen LogP contribution in [0.15, 0.2) is 48.5 Å². The number of hydrogen-bond acceptors (Lipinski definition) is 6. The van der Waals surface area contributed by atoms with Gasteiger partial charge in [-0.3, -0.25) is 9.59 Å². The van der Waals surface area contributed by atoms with Gasteiger partial charge in [0.25, 0.3) is 5.91 Å². The van der Waals surface area contributed by atoms with Crippen LogP contribution in [0.2, 0.25) is 0 Å². The number of anilines is 1. The van der Waals surface area contributed by atoms with Gasteiger partial charge in [0.1, 0.15) is 29.2 Å². The van der Waals surface area contributed by atoms with E-state index in [2.05, 4.69) is 10.6 Å². The van der Waals surface area contributed by atoms with Crippen molar-refractivity contribution in [2.75, 3.05) is 12.4 Å². The Morgan fingerprint density at radius 3 is 2.08 bits per heavy atom. The molecule has 200 valence electrons. The average Bonchev–Trinajstić information content (AvgIpc) is 3.65. The molecular weight excluding hydrogens is 474 g/mol. The normalized spacial score (nSPS) is 14.9. The molecule has 37 heavy (non-hydrogen) atoms. The third-order valence-electron chi connectivity index (χ3n) is 5.89. The third kappa shape index (κ3) is 7.62. The second-order valence-electron chi connectivity index (χ2n) is 10.6. The van der Waals surface area contributed by atoms with E-state index in [0.717, 1.165) is 12.8 Å². The fourth-order valence-electron chi connectivity index (χ4n) is 3.96. The molecule has 1 aliphatic carbocycles. The van der Waals surface area contributed by atoms with Gasteiger partial charge in [0.05, 0.1) is 7.11 Å². The lowest BCUT2D eigenvalue weighted by atomic mass is 9.98. The maximum atomic E-state index is 14.0. The zero-order chi connectivity index (χ0) is 27.3. The minimum absolute atomic E-state index is 0.0500. The van der Waals surface area contributed by atoms with Crippen LogP contribution in [0.25, 0.3) is 0 Å². The van der Waals surface area contributed by atoms with Gasteiger partial charge in [-0.25, -0.2) is 4.79 Å². The highest BCUT2D eigenvalue weighted by atomic mass is 16.6. The summed E-state index contributed by atoms with van der Waals surface area (Å²) in [6.45, 7) is 8.91. The van der Waals surface area contributed by atoms with E-state index >= 15 is 0 Å². The van der Waals surface area contributed by atoms with Crippen molar-refractivity contribution >= 4 is 23.6 Å². The van der Waals surface area contributed by atoms with Crippen molar-refractivity contribution in [3.63, 3.8) is 0 Å². The molecule has 3 amide bonds. The number of ether oxygens (including phenoxy) is 2. The van der Waals surface area contributed by atoms with E-state index in [1.165, 1.54) is 12.1 Å². The van der Waals surface area contributed by atoms with Crippen LogP contribution in [0.5, 0.6) is 11.5 Å². The van der Waals surface area contributed by atoms with Gasteiger partial charge in [0.15, 0.2) is 0 Å². The molecule has 1 aliphatic rings. The molecule has 1 fully saturated rings. The molecule has 2 aromatic rings. The number of benzene rings is 2. The summed E-state index contributed by atoms with van der Waals surface area (Å²) < 4.78 is 10.6. The van der Waals surface area contributed by atoms with Gasteiger partial charge in [0, 0.05) is 11.7 Å². The number of methoxy groups -OCH3 is 1. The van der Waals surface area contributed by atoms with Crippen molar-refractivity contribution in [3.05, 3.63) is 54.1 Å². The molecule has 9 nitrogen and oxygen atoms in total. The van der Waals surface area contributed by atoms with E-state index in [4.69, 9.17) is 9.47 Å². The summed E-state index contributed by atoms with van der Waals surface area (Å²) in [4.78, 5) is 41.9. The Morgan fingerprint density at radius 2 is 1.59 bits per heavy atom. The number of alkyl carbamates (subject to hydrolysis) is 1. The molecule has 9 heteroatoms. The van der Waals surface area contributed by atoms with Crippen LogP contribution in [0.3, 0.4) is 0 Å². The molecule has 3 rings (SSSR count). The van der Waals surface area contributed by atoms with Crippen molar-refractivity contribution in [1.29, 1.82) is 0 Å². The van der Waals surface area contributed by atoms with Crippen molar-refractivity contribution in [2.24, 2.45) is 5.92 Å². The number of hydrogen-bond donors (Lipinski definition) is 3. The number of aromatic hydroxyl groups is 1. The highest BCUT2D eigenvalue weighted by Gasteiger charge is 2.44. The molecule has 0 aromatic heterocycles. The summed E-state index contributed by atoms with van der Waals surface area (Å²) in [5.41, 5.74) is 0.367. The van der Waals surface area contributed by atoms with Crippen LogP contribution < -0.4 is 15.4 Å². The van der Waals surface area contributed by atoms with Gasteiger partial charge < -0.3 is 30.1 Å². The number of carbonyl (C=O) groups excluding carboxylic acids is 3. The van der Waals surface area contributed by atoms with Crippen LogP contribution in [-0.2, 0) is 14.3 Å². The summed E-state index contributed by atoms with van der Waals surface area (Å²) in [6, 6.07) is 11.1. The fourth-order valence-corrected chi connectivity index (χ4v) is 3.96. The lowest BCUT2D eigenvalue weighted by Gasteiger charge is -2.35. The first-order chi connectivity index (χ1) is 17.4. The summed E-state index contributed by atoms with van der Waals surface area (Å²) in [6.07, 6.45) is 0.792. The van der Waals surface area contributed by atoms with Crippen LogP contribution in [0, 0.1) is 5.92 Å². The summed E-state index contributed by atoms with van der Waals surface area (Å²) >= 11 is 0. The molecule has 0 heterocycles. The Hall–Kier alpha value is -3.75. The van der Waals surface area contributed by atoms with Crippen molar-refractivity contribution in [2.45, 2.75) is 71.2 Å². The monoisotopic (exact) mass is 511 g/mol. The Kier molecular flexibility index (Phi) is 8.68. The van der Waals surface area contributed by atoms with Gasteiger partial charge in [0.2, 0.25) is 5.91 Å². The predicted octanol–water partition coefficient (Wildman–Crippen LogP) is 4.62. The Morgan fingerprint density at radius 1 is 1.00 bits per heavy atom. The van der Waals surface area contributed by atoms with E-state index in [9.17, 15) is 19.5 Å². The molecule has 2 atom stereocenters. The average molecular weight is 512 g/mol. The van der Waals surface area contributed by atoms with Crippen LogP contribution in [0.4, 0.5) is 10.5 Å². The number of phenolic OH excluding ortho intramolecular Hbond substituents is 1. The minimum Gasteiger partial charge on any atom is -0.508 e. The minimum atomic E-state index is -0.982. The first kappa shape index (κ1) is 27.8. The van der Waals surface area contributed by atoms with E-state index in [0.29, 0.717) is 17.0 Å². The predicted molar refractivity (Wildman–Crippen MR) is 140 cm³/mol. The Balaban J connectivity index is 1.95. The molecule has 2 aromatic carbocycles. The number of nitrogens with one attached hydrogen (secondary N) is 2. The zero-order valence-corrected chi connectivity index (χ0v) is 22.3. The summed E-state index contributed by atoms with van der Waals surface area (Å²) in [5, 5.41) is 15.4. The highest BCUT2D eigenvalue weighted by molar-refractivity contribution is 5.99. The van der Waals surface area contributed by atoms with Crippen LogP contribution in [0.1, 0.15) is 59.1 Å². The second kappa shape index (κ2) is 11.5. The Labute approximate surface area is 218 Å². The van der Waals surface area contributed by atoms with Gasteiger partial charge >= 0.3 is 6.09 Å². The molecule has 0 radical (unpaired) electrons. The topological polar surface area (TPSA) is 117 Å². The number of phenols is 1. The third-order valence-corrected chi connectivity index (χ3v) is 5.89. The lowest BCUT2D eigenvalue weighted by molar-refractivity contribution is -0.142. The maximum absolute atomic E-state index is 14.0. The van der Waals surface area contributed by atoms with Crippen molar-refractivity contribution < 1.29 is 29.0 Å². The SMILES string of the molecule is COc1ccc(NC(=O)C(c2ccc(O)cc2)N(C(=O)C(NC(=O)OC(C)(C)C)C(C)C)C2CC2)cc1. The van der Waals surface area contributed by atoms with Crippen LogP contribution >= 0.6 is 0 Å². The highest BCUT2D eigenvalue weighted by Crippen LogP contribution is 2.37. The van der Waals surface area contributed by atoms with E-state index in [1.54, 1.807) is 69.2 Å². The summed E-state index contributed by atoms with van der Waals surface area (Å²) in [7, 11) is 1.56. The first-order valence-electron chi connectivity index (χ1n) is 12.4. The van der Waals surface area contributed by atoms with Gasteiger partial charge in [-0.05, 0) is 81.5 Å². The number of rotatable bonds is 9. The quantitative estimate of drug-likeness (QED) is 0.452. The van der Waals surface area contributed by atoms with Crippen LogP contribution in [-0.4, -0.2) is 52.7 Å². The summed E-state index contributed by atoms with van der Waals surface area (Å²) in [5.74, 6) is -0.335. The maximum Gasteiger partial charge on any atom is 0.408 e. The van der Waals surface area contributed by atoms with Crippen molar-refractivity contribution in [3.8, 4) is 11.5 Å². The fraction of sp³-hybridized carbons (Fsp3) is 0.464. The molecule has 3 N–H and O–H groups in total. The standard InChI is InChI=1S/C28H37N3O6/c1-17(2)23(30-27(35)37-28(3,4)5)26(34)31(20-11-12-20)24(18-7-13-21(32)14-8-18)25(33)29-19-9-15-22(36-6)16-10-19/h7-10,13-17,20,23-24,32H,11-12H2,1-6H3,(H,29,33)(H,30,35).